The van der Waals surface area contributed by atoms with Gasteiger partial charge in [0.1, 0.15) is 18.2 Å². The number of nitrogens with zero attached hydrogens (tertiary/aromatic N) is 3. The van der Waals surface area contributed by atoms with Crippen molar-refractivity contribution in [3.63, 3.8) is 0 Å². The first-order chi connectivity index (χ1) is 11.0. The molecule has 1 saturated carbocycles. The Bertz CT molecular complexity index is 747. The highest BCUT2D eigenvalue weighted by atomic mass is 35.5. The fraction of sp³-hybridized carbons (Fsp3) is 0.400. The highest BCUT2D eigenvalue weighted by Crippen LogP contribution is 2.42. The van der Waals surface area contributed by atoms with Crippen LogP contribution in [-0.2, 0) is 11.3 Å². The number of rotatable bonds is 6. The van der Waals surface area contributed by atoms with Gasteiger partial charge >= 0.3 is 0 Å². The van der Waals surface area contributed by atoms with E-state index >= 15 is 0 Å². The van der Waals surface area contributed by atoms with Gasteiger partial charge in [0.05, 0.1) is 5.02 Å². The lowest BCUT2D eigenvalue weighted by Gasteiger charge is -2.13. The maximum absolute atomic E-state index is 13.3. The van der Waals surface area contributed by atoms with Gasteiger partial charge in [0.25, 0.3) is 0 Å². The lowest BCUT2D eigenvalue weighted by molar-refractivity contribution is -0.118. The maximum atomic E-state index is 13.3. The summed E-state index contributed by atoms with van der Waals surface area (Å²) >= 11 is 7.28. The molecule has 23 heavy (non-hydrogen) atoms. The molecule has 1 fully saturated rings. The van der Waals surface area contributed by atoms with Gasteiger partial charge in [-0.2, -0.15) is 0 Å². The van der Waals surface area contributed by atoms with E-state index in [0.717, 1.165) is 24.2 Å². The van der Waals surface area contributed by atoms with Crippen LogP contribution in [0, 0.1) is 5.82 Å². The van der Waals surface area contributed by atoms with Crippen LogP contribution in [0.2, 0.25) is 5.02 Å². The molecule has 0 bridgehead atoms. The first kappa shape index (κ1) is 16.3. The van der Waals surface area contributed by atoms with Crippen molar-refractivity contribution < 1.29 is 9.18 Å². The monoisotopic (exact) mass is 354 g/mol. The molecule has 1 heterocycles. The zero-order valence-corrected chi connectivity index (χ0v) is 14.1. The van der Waals surface area contributed by atoms with Crippen LogP contribution in [-0.4, -0.2) is 20.7 Å². The summed E-state index contributed by atoms with van der Waals surface area (Å²) in [5, 5.41) is 9.11. The van der Waals surface area contributed by atoms with Crippen molar-refractivity contribution in [3.8, 4) is 0 Å². The number of halogens is 2. The van der Waals surface area contributed by atoms with E-state index in [1.165, 1.54) is 17.8 Å². The summed E-state index contributed by atoms with van der Waals surface area (Å²) in [6, 6.07) is 4.64. The van der Waals surface area contributed by atoms with Crippen LogP contribution in [0.5, 0.6) is 0 Å². The van der Waals surface area contributed by atoms with Crippen LogP contribution in [0.4, 0.5) is 4.39 Å². The minimum absolute atomic E-state index is 0.0176. The molecule has 0 radical (unpaired) electrons. The number of amides is 1. The van der Waals surface area contributed by atoms with Gasteiger partial charge in [0, 0.05) is 11.2 Å². The average Bonchev–Trinajstić information content (AvgIpc) is 3.26. The molecule has 2 aromatic rings. The van der Waals surface area contributed by atoms with E-state index < -0.39 is 11.7 Å². The van der Waals surface area contributed by atoms with Crippen LogP contribution in [0.1, 0.15) is 42.3 Å². The first-order valence-corrected chi connectivity index (χ1v) is 8.54. The Morgan fingerprint density at radius 2 is 2.26 bits per heavy atom. The zero-order chi connectivity index (χ0) is 16.6. The number of aromatic nitrogens is 3. The van der Waals surface area contributed by atoms with Crippen LogP contribution in [0.25, 0.3) is 0 Å². The Morgan fingerprint density at radius 1 is 1.52 bits per heavy atom. The molecule has 1 aliphatic rings. The molecule has 3 rings (SSSR count). The maximum Gasteiger partial charge on any atom is 0.237 e. The topological polar surface area (TPSA) is 73.8 Å². The summed E-state index contributed by atoms with van der Waals surface area (Å²) < 4.78 is 15.1. The lowest BCUT2D eigenvalue weighted by atomic mass is 10.2. The van der Waals surface area contributed by atoms with Gasteiger partial charge in [-0.3, -0.25) is 9.36 Å². The average molecular weight is 355 g/mol. The number of carbonyl (C=O) groups is 1. The van der Waals surface area contributed by atoms with E-state index in [-0.39, 0.29) is 16.8 Å². The lowest BCUT2D eigenvalue weighted by Crippen LogP contribution is -2.20. The molecule has 2 N–H and O–H groups in total. The molecule has 0 saturated heterocycles. The van der Waals surface area contributed by atoms with Gasteiger partial charge in [-0.05, 0) is 37.5 Å². The predicted octanol–water partition coefficient (Wildman–Crippen LogP) is 3.29. The van der Waals surface area contributed by atoms with Crippen molar-refractivity contribution in [2.75, 3.05) is 0 Å². The minimum Gasteiger partial charge on any atom is -0.368 e. The SMILES string of the molecule is C[C@@H](Sc1nnc(C2CC2)n1CC(N)=O)c1ccc(F)c(Cl)c1. The minimum atomic E-state index is -0.444. The van der Waals surface area contributed by atoms with Crippen LogP contribution in [0.15, 0.2) is 23.4 Å². The fourth-order valence-electron chi connectivity index (χ4n) is 2.33. The van der Waals surface area contributed by atoms with Gasteiger partial charge in [-0.15, -0.1) is 10.2 Å². The van der Waals surface area contributed by atoms with Crippen molar-refractivity contribution in [2.45, 2.75) is 42.6 Å². The number of thioether (sulfide) groups is 1. The van der Waals surface area contributed by atoms with Gasteiger partial charge < -0.3 is 5.73 Å². The van der Waals surface area contributed by atoms with Gasteiger partial charge in [0.15, 0.2) is 5.16 Å². The molecular weight excluding hydrogens is 339 g/mol. The Kier molecular flexibility index (Phi) is 4.59. The number of hydrogen-bond donors (Lipinski definition) is 1. The van der Waals surface area contributed by atoms with Crippen LogP contribution >= 0.6 is 23.4 Å². The molecule has 8 heteroatoms. The molecule has 1 atom stereocenters. The molecule has 5 nitrogen and oxygen atoms in total. The standard InChI is InChI=1S/C15H16ClFN4OS/c1-8(10-4-5-12(17)11(16)6-10)23-15-20-19-14(9-2-3-9)21(15)7-13(18)22/h4-6,8-9H,2-3,7H2,1H3,(H2,18,22)/t8-/m1/s1. The molecule has 122 valence electrons. The first-order valence-electron chi connectivity index (χ1n) is 7.28. The number of primary amides is 1. The van der Waals surface area contributed by atoms with Crippen molar-refractivity contribution in [1.82, 2.24) is 14.8 Å². The predicted molar refractivity (Wildman–Crippen MR) is 86.9 cm³/mol. The van der Waals surface area contributed by atoms with E-state index in [4.69, 9.17) is 17.3 Å². The summed E-state index contributed by atoms with van der Waals surface area (Å²) in [5.41, 5.74) is 6.21. The molecular formula is C15H16ClFN4OS. The third-order valence-electron chi connectivity index (χ3n) is 3.70. The van der Waals surface area contributed by atoms with E-state index in [0.29, 0.717) is 11.1 Å². The highest BCUT2D eigenvalue weighted by Gasteiger charge is 2.31. The largest absolute Gasteiger partial charge is 0.368 e. The second-order valence-electron chi connectivity index (χ2n) is 5.60. The van der Waals surface area contributed by atoms with Crippen molar-refractivity contribution in [1.29, 1.82) is 0 Å². The van der Waals surface area contributed by atoms with E-state index in [2.05, 4.69) is 10.2 Å². The number of hydrogen-bond acceptors (Lipinski definition) is 4. The summed E-state index contributed by atoms with van der Waals surface area (Å²) in [4.78, 5) is 11.3. The Labute approximate surface area is 142 Å². The second-order valence-corrected chi connectivity index (χ2v) is 7.32. The van der Waals surface area contributed by atoms with E-state index in [9.17, 15) is 9.18 Å². The molecule has 0 aliphatic heterocycles. The van der Waals surface area contributed by atoms with E-state index in [1.807, 2.05) is 6.92 Å². The quantitative estimate of drug-likeness (QED) is 0.808. The molecule has 1 amide bonds. The van der Waals surface area contributed by atoms with Crippen LogP contribution in [0.3, 0.4) is 0 Å². The summed E-state index contributed by atoms with van der Waals surface area (Å²) in [7, 11) is 0. The third kappa shape index (κ3) is 3.67. The van der Waals surface area contributed by atoms with E-state index in [1.54, 1.807) is 16.7 Å². The number of benzene rings is 1. The smallest absolute Gasteiger partial charge is 0.237 e. The molecule has 0 spiro atoms. The Balaban J connectivity index is 1.83. The molecule has 1 aromatic heterocycles. The van der Waals surface area contributed by atoms with Crippen LogP contribution < -0.4 is 5.73 Å². The normalized spacial score (nSPS) is 15.6. The summed E-state index contributed by atoms with van der Waals surface area (Å²) in [5.74, 6) is 0.314. The van der Waals surface area contributed by atoms with Crippen molar-refractivity contribution in [2.24, 2.45) is 5.73 Å². The number of nitrogens with two attached hydrogens (primary N) is 1. The zero-order valence-electron chi connectivity index (χ0n) is 12.5. The summed E-state index contributed by atoms with van der Waals surface area (Å²) in [6.07, 6.45) is 2.12. The van der Waals surface area contributed by atoms with Crippen molar-refractivity contribution >= 4 is 29.3 Å². The van der Waals surface area contributed by atoms with Gasteiger partial charge in [-0.25, -0.2) is 4.39 Å². The molecule has 1 aromatic carbocycles. The fourth-order valence-corrected chi connectivity index (χ4v) is 3.49. The second kappa shape index (κ2) is 6.49. The molecule has 0 unspecified atom stereocenters. The van der Waals surface area contributed by atoms with Crippen molar-refractivity contribution in [3.05, 3.63) is 40.4 Å². The highest BCUT2D eigenvalue weighted by molar-refractivity contribution is 7.99. The summed E-state index contributed by atoms with van der Waals surface area (Å²) in [6.45, 7) is 2.03. The molecule has 1 aliphatic carbocycles. The Morgan fingerprint density at radius 3 is 2.87 bits per heavy atom. The van der Waals surface area contributed by atoms with Gasteiger partial charge in [-0.1, -0.05) is 29.4 Å². The Hall–Kier alpha value is -1.60. The third-order valence-corrected chi connectivity index (χ3v) is 5.13. The van der Waals surface area contributed by atoms with Gasteiger partial charge in [0.2, 0.25) is 5.91 Å². The number of carbonyl (C=O) groups excluding carboxylic acids is 1.